The van der Waals surface area contributed by atoms with Crippen LogP contribution in [0.2, 0.25) is 0 Å². The molecule has 4 heterocycles. The highest BCUT2D eigenvalue weighted by molar-refractivity contribution is 6.23. The van der Waals surface area contributed by atoms with Gasteiger partial charge in [0.05, 0.1) is 16.7 Å². The first-order chi connectivity index (χ1) is 22.8. The van der Waals surface area contributed by atoms with Gasteiger partial charge in [-0.1, -0.05) is 78.9 Å². The number of aromatic nitrogens is 1. The van der Waals surface area contributed by atoms with Crippen LogP contribution in [0, 0.1) is 0 Å². The molecule has 0 saturated carbocycles. The van der Waals surface area contributed by atoms with Crippen molar-refractivity contribution in [1.82, 2.24) is 9.14 Å². The molecule has 8 aromatic rings. The molecule has 1 aliphatic carbocycles. The van der Waals surface area contributed by atoms with Gasteiger partial charge in [0, 0.05) is 57.1 Å². The highest BCUT2D eigenvalue weighted by Gasteiger charge is 2.48. The molecule has 0 spiro atoms. The number of fused-ring (bicyclic) bond motifs is 11. The maximum atomic E-state index is 6.20. The Kier molecular flexibility index (Phi) is 4.60. The van der Waals surface area contributed by atoms with Gasteiger partial charge in [0.25, 0.3) is 0 Å². The Hall–Kier alpha value is -6.13. The summed E-state index contributed by atoms with van der Waals surface area (Å²) in [5, 5.41) is 4.79. The molecule has 4 nitrogen and oxygen atoms in total. The molecule has 46 heavy (non-hydrogen) atoms. The molecule has 1 atom stereocenters. The van der Waals surface area contributed by atoms with E-state index in [-0.39, 0.29) is 6.04 Å². The minimum atomic E-state index is 0.0926. The summed E-state index contributed by atoms with van der Waals surface area (Å²) in [5.41, 5.74) is 14.1. The minimum Gasteiger partial charge on any atom is -0.456 e. The van der Waals surface area contributed by atoms with Crippen molar-refractivity contribution < 1.29 is 4.42 Å². The van der Waals surface area contributed by atoms with Gasteiger partial charge >= 0.3 is 0 Å². The van der Waals surface area contributed by atoms with Crippen molar-refractivity contribution in [2.75, 3.05) is 4.90 Å². The van der Waals surface area contributed by atoms with Crippen molar-refractivity contribution in [3.63, 3.8) is 0 Å². The molecule has 1 unspecified atom stereocenters. The SMILES string of the molecule is C1=CC2=[N+](c3ccccc3)c3ccccc3N3c4cc5c(cc4C(=C1)C23)c1ccccc1n5-c1ccc2oc3ccccc3c2c1. The van der Waals surface area contributed by atoms with Gasteiger partial charge < -0.3 is 13.9 Å². The van der Waals surface area contributed by atoms with E-state index in [0.717, 1.165) is 27.6 Å². The highest BCUT2D eigenvalue weighted by atomic mass is 16.3. The Morgan fingerprint density at radius 3 is 2.30 bits per heavy atom. The molecular weight excluding hydrogens is 562 g/mol. The van der Waals surface area contributed by atoms with Gasteiger partial charge in [-0.05, 0) is 54.1 Å². The molecule has 0 fully saturated rings. The molecule has 214 valence electrons. The third kappa shape index (κ3) is 3.05. The van der Waals surface area contributed by atoms with Crippen molar-refractivity contribution in [2.24, 2.45) is 0 Å². The van der Waals surface area contributed by atoms with Crippen LogP contribution in [0.3, 0.4) is 0 Å². The van der Waals surface area contributed by atoms with E-state index >= 15 is 0 Å². The van der Waals surface area contributed by atoms with Gasteiger partial charge in [-0.15, -0.1) is 0 Å². The molecule has 11 rings (SSSR count). The molecule has 0 bridgehead atoms. The smallest absolute Gasteiger partial charge is 0.235 e. The molecule has 2 aromatic heterocycles. The second-order valence-electron chi connectivity index (χ2n) is 12.4. The average molecular weight is 589 g/mol. The third-order valence-electron chi connectivity index (χ3n) is 10.0. The maximum Gasteiger partial charge on any atom is 0.235 e. The van der Waals surface area contributed by atoms with Gasteiger partial charge in [-0.3, -0.25) is 0 Å². The van der Waals surface area contributed by atoms with E-state index < -0.39 is 0 Å². The summed E-state index contributed by atoms with van der Waals surface area (Å²) in [6, 6.07) is 48.2. The summed E-state index contributed by atoms with van der Waals surface area (Å²) in [6.07, 6.45) is 6.82. The van der Waals surface area contributed by atoms with Gasteiger partial charge in [0.2, 0.25) is 17.1 Å². The predicted octanol–water partition coefficient (Wildman–Crippen LogP) is 10.4. The number of furan rings is 1. The summed E-state index contributed by atoms with van der Waals surface area (Å²) in [6.45, 7) is 0. The zero-order chi connectivity index (χ0) is 29.9. The van der Waals surface area contributed by atoms with Crippen LogP contribution in [0.15, 0.2) is 156 Å². The minimum absolute atomic E-state index is 0.0926. The Morgan fingerprint density at radius 2 is 1.37 bits per heavy atom. The first kappa shape index (κ1) is 24.2. The first-order valence-electron chi connectivity index (χ1n) is 15.8. The van der Waals surface area contributed by atoms with Crippen molar-refractivity contribution in [3.8, 4) is 5.69 Å². The fourth-order valence-corrected chi connectivity index (χ4v) is 8.13. The highest BCUT2D eigenvalue weighted by Crippen LogP contribution is 2.53. The molecule has 4 heteroatoms. The van der Waals surface area contributed by atoms with Crippen LogP contribution in [0.5, 0.6) is 0 Å². The summed E-state index contributed by atoms with van der Waals surface area (Å²) in [5.74, 6) is 0. The lowest BCUT2D eigenvalue weighted by atomic mass is 9.91. The van der Waals surface area contributed by atoms with Crippen LogP contribution in [0.4, 0.5) is 22.7 Å². The number of hydrogen-bond donors (Lipinski definition) is 0. The Labute approximate surface area is 264 Å². The number of allylic oxidation sites excluding steroid dienone is 2. The lowest BCUT2D eigenvalue weighted by molar-refractivity contribution is 0.669. The predicted molar refractivity (Wildman–Crippen MR) is 190 cm³/mol. The zero-order valence-electron chi connectivity index (χ0n) is 24.8. The summed E-state index contributed by atoms with van der Waals surface area (Å²) in [4.78, 5) is 2.56. The van der Waals surface area contributed by atoms with Crippen molar-refractivity contribution in [1.29, 1.82) is 0 Å². The number of benzene rings is 6. The summed E-state index contributed by atoms with van der Waals surface area (Å²) in [7, 11) is 0. The van der Waals surface area contributed by atoms with Crippen LogP contribution in [-0.4, -0.2) is 16.3 Å². The number of anilines is 2. The standard InChI is InChI=1S/C42H26N3O/c1-2-11-26(12-3-1)43-35-17-7-8-18-36(35)45-39-25-38-31(24-32(39)30-15-10-19-37(43)42(30)45)28-13-4-6-16-34(28)44(38)27-21-22-41-33(23-27)29-14-5-9-20-40(29)46-41/h1-25,42H/q+1. The Balaban J connectivity index is 1.21. The first-order valence-corrected chi connectivity index (χ1v) is 15.8. The molecule has 6 aromatic carbocycles. The van der Waals surface area contributed by atoms with Crippen LogP contribution in [0.25, 0.3) is 55.0 Å². The zero-order valence-corrected chi connectivity index (χ0v) is 24.8. The molecule has 2 aliphatic heterocycles. The van der Waals surface area contributed by atoms with E-state index in [2.05, 4.69) is 154 Å². The number of rotatable bonds is 2. The fraction of sp³-hybridized carbons (Fsp3) is 0.0238. The van der Waals surface area contributed by atoms with Crippen LogP contribution >= 0.6 is 0 Å². The third-order valence-corrected chi connectivity index (χ3v) is 10.0. The number of para-hydroxylation sites is 5. The lowest BCUT2D eigenvalue weighted by Gasteiger charge is -2.32. The van der Waals surface area contributed by atoms with Gasteiger partial charge in [-0.2, -0.15) is 4.58 Å². The topological polar surface area (TPSA) is 24.3 Å². The van der Waals surface area contributed by atoms with Crippen LogP contribution in [-0.2, 0) is 0 Å². The van der Waals surface area contributed by atoms with E-state index in [1.54, 1.807) is 0 Å². The van der Waals surface area contributed by atoms with Crippen molar-refractivity contribution in [2.45, 2.75) is 6.04 Å². The van der Waals surface area contributed by atoms with Gasteiger partial charge in [0.1, 0.15) is 22.9 Å². The van der Waals surface area contributed by atoms with Crippen LogP contribution in [0.1, 0.15) is 5.56 Å². The molecule has 3 aliphatic rings. The van der Waals surface area contributed by atoms with Crippen LogP contribution < -0.4 is 9.48 Å². The molecule has 0 radical (unpaired) electrons. The van der Waals surface area contributed by atoms with E-state index in [0.29, 0.717) is 0 Å². The molecule has 0 amide bonds. The normalized spacial score (nSPS) is 16.4. The largest absolute Gasteiger partial charge is 0.456 e. The maximum absolute atomic E-state index is 6.20. The monoisotopic (exact) mass is 588 g/mol. The lowest BCUT2D eigenvalue weighted by Crippen LogP contribution is -2.43. The Morgan fingerprint density at radius 1 is 0.587 bits per heavy atom. The molecule has 0 N–H and O–H groups in total. The van der Waals surface area contributed by atoms with E-state index in [1.807, 2.05) is 12.1 Å². The second-order valence-corrected chi connectivity index (χ2v) is 12.4. The van der Waals surface area contributed by atoms with E-state index in [9.17, 15) is 0 Å². The fourth-order valence-electron chi connectivity index (χ4n) is 8.13. The average Bonchev–Trinajstić information content (AvgIpc) is 3.76. The van der Waals surface area contributed by atoms with Crippen molar-refractivity contribution in [3.05, 3.63) is 157 Å². The van der Waals surface area contributed by atoms with E-state index in [1.165, 1.54) is 61.4 Å². The van der Waals surface area contributed by atoms with Gasteiger partial charge in [0.15, 0.2) is 0 Å². The quantitative estimate of drug-likeness (QED) is 0.188. The number of hydrogen-bond acceptors (Lipinski definition) is 2. The molecule has 0 saturated heterocycles. The molecular formula is C42H26N3O+. The summed E-state index contributed by atoms with van der Waals surface area (Å²) >= 11 is 0. The van der Waals surface area contributed by atoms with Gasteiger partial charge in [-0.25, -0.2) is 0 Å². The number of nitrogens with zero attached hydrogens (tertiary/aromatic N) is 3. The summed E-state index contributed by atoms with van der Waals surface area (Å²) < 4.78 is 11.1. The van der Waals surface area contributed by atoms with E-state index in [4.69, 9.17) is 4.42 Å². The Bertz CT molecular complexity index is 2700. The van der Waals surface area contributed by atoms with Crippen molar-refractivity contribution >= 4 is 77.8 Å². The second kappa shape index (κ2) is 8.74.